The number of hydrogen-bond acceptors (Lipinski definition) is 9. The molecule has 3 heterocycles. The second kappa shape index (κ2) is 9.70. The van der Waals surface area contributed by atoms with E-state index in [0.717, 1.165) is 17.8 Å². The van der Waals surface area contributed by atoms with Crippen molar-refractivity contribution < 1.29 is 28.5 Å². The summed E-state index contributed by atoms with van der Waals surface area (Å²) in [6, 6.07) is 2.76. The van der Waals surface area contributed by atoms with Crippen LogP contribution < -0.4 is 10.1 Å². The summed E-state index contributed by atoms with van der Waals surface area (Å²) in [5.74, 6) is -1.43. The molecule has 3 aromatic rings. The SMILES string of the molecule is COc1nc2nc(SCc3cccc(F)c3F)nc(N[C@@H]3C(C(C)(C)C)N(C(=O)O)C[C@H]3O)c2s1. The summed E-state index contributed by atoms with van der Waals surface area (Å²) in [7, 11) is 1.47. The maximum absolute atomic E-state index is 14.1. The number of rotatable bonds is 6. The fourth-order valence-electron chi connectivity index (χ4n) is 4.21. The molecule has 1 unspecified atom stereocenters. The van der Waals surface area contributed by atoms with Crippen LogP contribution in [0.5, 0.6) is 5.19 Å². The molecule has 35 heavy (non-hydrogen) atoms. The molecule has 3 atom stereocenters. The fourth-order valence-corrected chi connectivity index (χ4v) is 5.79. The lowest BCUT2D eigenvalue weighted by Crippen LogP contribution is -2.50. The van der Waals surface area contributed by atoms with Crippen LogP contribution in [0.25, 0.3) is 10.3 Å². The number of carboxylic acid groups (broad SMARTS) is 1. The van der Waals surface area contributed by atoms with Crippen LogP contribution in [0.2, 0.25) is 0 Å². The molecule has 1 fully saturated rings. The molecule has 1 saturated heterocycles. The molecule has 1 amide bonds. The van der Waals surface area contributed by atoms with Crippen LogP contribution in [0.4, 0.5) is 19.4 Å². The molecule has 0 bridgehead atoms. The number of anilines is 1. The predicted octanol–water partition coefficient (Wildman–Crippen LogP) is 4.22. The van der Waals surface area contributed by atoms with Gasteiger partial charge in [0.15, 0.2) is 28.3 Å². The fraction of sp³-hybridized carbons (Fsp3) is 0.455. The Morgan fingerprint density at radius 2 is 2.06 bits per heavy atom. The number of nitrogens with zero attached hydrogens (tertiary/aromatic N) is 4. The zero-order chi connectivity index (χ0) is 25.5. The molecule has 9 nitrogen and oxygen atoms in total. The van der Waals surface area contributed by atoms with E-state index in [-0.39, 0.29) is 23.0 Å². The average molecular weight is 526 g/mol. The molecule has 0 aliphatic carbocycles. The van der Waals surface area contributed by atoms with Gasteiger partial charge >= 0.3 is 6.09 Å². The molecule has 2 aromatic heterocycles. The molecule has 0 spiro atoms. The lowest BCUT2D eigenvalue weighted by molar-refractivity contribution is 0.103. The molecule has 0 saturated carbocycles. The number of aliphatic hydroxyl groups is 1. The first-order valence-electron chi connectivity index (χ1n) is 10.7. The van der Waals surface area contributed by atoms with Crippen LogP contribution in [0.3, 0.4) is 0 Å². The van der Waals surface area contributed by atoms with Crippen LogP contribution in [-0.4, -0.2) is 68.0 Å². The van der Waals surface area contributed by atoms with E-state index in [0.29, 0.717) is 21.4 Å². The standard InChI is InChI=1S/C22H25F2N5O4S2/c1-22(2,3)16-14(12(30)8-29(16)21(31)32)25-17-15-18(28-20(33-4)35-15)27-19(26-17)34-9-10-6-5-7-11(23)13(10)24/h5-7,12,14,16,30H,8-9H2,1-4H3,(H,31,32)(H,25,26,27)/t12-,14+,16?/m1/s1. The number of likely N-dealkylation sites (tertiary alicyclic amines) is 1. The van der Waals surface area contributed by atoms with E-state index in [9.17, 15) is 23.8 Å². The third-order valence-corrected chi connectivity index (χ3v) is 7.60. The number of fused-ring (bicyclic) bond motifs is 1. The Hall–Kier alpha value is -2.77. The first-order valence-corrected chi connectivity index (χ1v) is 12.5. The number of halogens is 2. The van der Waals surface area contributed by atoms with Crippen LogP contribution >= 0.6 is 23.1 Å². The van der Waals surface area contributed by atoms with Gasteiger partial charge in [0.05, 0.1) is 31.8 Å². The Labute approximate surface area is 208 Å². The normalized spacial score (nSPS) is 20.4. The van der Waals surface area contributed by atoms with Crippen LogP contribution in [0.1, 0.15) is 26.3 Å². The highest BCUT2D eigenvalue weighted by Crippen LogP contribution is 2.38. The topological polar surface area (TPSA) is 121 Å². The van der Waals surface area contributed by atoms with Crippen molar-refractivity contribution in [2.75, 3.05) is 19.0 Å². The van der Waals surface area contributed by atoms with E-state index in [2.05, 4.69) is 20.3 Å². The molecule has 1 aliphatic heterocycles. The smallest absolute Gasteiger partial charge is 0.407 e. The minimum Gasteiger partial charge on any atom is -0.473 e. The number of ether oxygens (including phenoxy) is 1. The number of nitrogens with one attached hydrogen (secondary N) is 1. The molecule has 4 rings (SSSR count). The van der Waals surface area contributed by atoms with Crippen LogP contribution in [0, 0.1) is 17.0 Å². The Bertz CT molecular complexity index is 1250. The molecular formula is C22H25F2N5O4S2. The number of methoxy groups -OCH3 is 1. The van der Waals surface area contributed by atoms with Gasteiger partial charge in [-0.3, -0.25) is 0 Å². The monoisotopic (exact) mass is 525 g/mol. The van der Waals surface area contributed by atoms with Crippen molar-refractivity contribution in [1.29, 1.82) is 0 Å². The van der Waals surface area contributed by atoms with Gasteiger partial charge in [0, 0.05) is 11.3 Å². The lowest BCUT2D eigenvalue weighted by atomic mass is 9.82. The first kappa shape index (κ1) is 25.3. The van der Waals surface area contributed by atoms with Crippen molar-refractivity contribution in [2.24, 2.45) is 5.41 Å². The third-order valence-electron chi connectivity index (χ3n) is 5.69. The summed E-state index contributed by atoms with van der Waals surface area (Å²) in [5.41, 5.74) is 0.0130. The number of carbonyl (C=O) groups is 1. The predicted molar refractivity (Wildman–Crippen MR) is 129 cm³/mol. The van der Waals surface area contributed by atoms with Crippen molar-refractivity contribution in [3.8, 4) is 5.19 Å². The summed E-state index contributed by atoms with van der Waals surface area (Å²) in [6.07, 6.45) is -2.10. The van der Waals surface area contributed by atoms with Gasteiger partial charge in [-0.1, -0.05) is 56.0 Å². The maximum Gasteiger partial charge on any atom is 0.407 e. The lowest BCUT2D eigenvalue weighted by Gasteiger charge is -2.37. The summed E-state index contributed by atoms with van der Waals surface area (Å²) in [4.78, 5) is 26.4. The minimum atomic E-state index is -1.12. The molecular weight excluding hydrogens is 500 g/mol. The van der Waals surface area contributed by atoms with Gasteiger partial charge in [-0.15, -0.1) is 0 Å². The number of hydrogen-bond donors (Lipinski definition) is 3. The first-order chi connectivity index (χ1) is 16.5. The Morgan fingerprint density at radius 1 is 1.31 bits per heavy atom. The number of aromatic nitrogens is 3. The second-order valence-corrected chi connectivity index (χ2v) is 11.1. The van der Waals surface area contributed by atoms with Crippen molar-refractivity contribution in [3.05, 3.63) is 35.4 Å². The Kier molecular flexibility index (Phi) is 7.02. The average Bonchev–Trinajstić information content (AvgIpc) is 3.36. The van der Waals surface area contributed by atoms with E-state index >= 15 is 0 Å². The van der Waals surface area contributed by atoms with Gasteiger partial charge in [-0.05, 0) is 11.5 Å². The van der Waals surface area contributed by atoms with Crippen molar-refractivity contribution in [3.63, 3.8) is 0 Å². The van der Waals surface area contributed by atoms with E-state index in [1.807, 2.05) is 20.8 Å². The number of thioether (sulfide) groups is 1. The van der Waals surface area contributed by atoms with Gasteiger partial charge in [0.25, 0.3) is 5.19 Å². The van der Waals surface area contributed by atoms with Gasteiger partial charge in [0.1, 0.15) is 4.70 Å². The Morgan fingerprint density at radius 3 is 2.71 bits per heavy atom. The highest BCUT2D eigenvalue weighted by atomic mass is 32.2. The highest BCUT2D eigenvalue weighted by molar-refractivity contribution is 7.98. The molecule has 13 heteroatoms. The van der Waals surface area contributed by atoms with E-state index in [4.69, 9.17) is 4.74 Å². The largest absolute Gasteiger partial charge is 0.473 e. The van der Waals surface area contributed by atoms with Gasteiger partial charge in [-0.2, -0.15) is 4.98 Å². The van der Waals surface area contributed by atoms with Gasteiger partial charge in [-0.25, -0.2) is 23.5 Å². The zero-order valence-corrected chi connectivity index (χ0v) is 21.1. The van der Waals surface area contributed by atoms with Crippen LogP contribution in [-0.2, 0) is 5.75 Å². The number of thiazole rings is 1. The molecule has 1 aromatic carbocycles. The number of β-amino-alcohol motifs (C(OH)–C–C–N with tert-alkyl or cyclic N) is 1. The van der Waals surface area contributed by atoms with Gasteiger partial charge in [0.2, 0.25) is 0 Å². The summed E-state index contributed by atoms with van der Waals surface area (Å²) in [5, 5.41) is 24.3. The number of amides is 1. The quantitative estimate of drug-likeness (QED) is 0.321. The summed E-state index contributed by atoms with van der Waals surface area (Å²) in [6.45, 7) is 5.66. The number of benzene rings is 1. The van der Waals surface area contributed by atoms with Crippen molar-refractivity contribution >= 4 is 45.4 Å². The van der Waals surface area contributed by atoms with Crippen molar-refractivity contribution in [2.45, 2.75) is 49.9 Å². The summed E-state index contributed by atoms with van der Waals surface area (Å²) < 4.78 is 33.5. The zero-order valence-electron chi connectivity index (χ0n) is 19.5. The summed E-state index contributed by atoms with van der Waals surface area (Å²) >= 11 is 2.30. The Balaban J connectivity index is 1.70. The molecule has 0 radical (unpaired) electrons. The van der Waals surface area contributed by atoms with E-state index in [1.54, 1.807) is 0 Å². The van der Waals surface area contributed by atoms with E-state index in [1.165, 1.54) is 35.5 Å². The minimum absolute atomic E-state index is 0.0460. The van der Waals surface area contributed by atoms with Crippen molar-refractivity contribution in [1.82, 2.24) is 19.9 Å². The van der Waals surface area contributed by atoms with Gasteiger partial charge < -0.3 is 25.2 Å². The van der Waals surface area contributed by atoms with E-state index < -0.39 is 41.3 Å². The third kappa shape index (κ3) is 5.11. The highest BCUT2D eigenvalue weighted by Gasteiger charge is 2.49. The number of aliphatic hydroxyl groups excluding tert-OH is 1. The second-order valence-electron chi connectivity index (χ2n) is 9.18. The maximum atomic E-state index is 14.1. The molecule has 1 aliphatic rings. The molecule has 188 valence electrons. The molecule has 3 N–H and O–H groups in total. The van der Waals surface area contributed by atoms with Crippen LogP contribution in [0.15, 0.2) is 23.4 Å².